The molecule has 1 heterocycles. The summed E-state index contributed by atoms with van der Waals surface area (Å²) in [4.78, 5) is 4.23. The number of aromatic nitrogens is 1. The first-order valence-corrected chi connectivity index (χ1v) is 5.38. The number of aryl methyl sites for hydroxylation is 2. The molecule has 2 nitrogen and oxygen atoms in total. The fourth-order valence-electron chi connectivity index (χ4n) is 1.98. The van der Waals surface area contributed by atoms with Crippen LogP contribution in [0.2, 0.25) is 0 Å². The Morgan fingerprint density at radius 3 is 2.69 bits per heavy atom. The van der Waals surface area contributed by atoms with E-state index in [4.69, 9.17) is 5.73 Å². The Bertz CT molecular complexity index is 535. The second kappa shape index (κ2) is 4.18. The minimum Gasteiger partial charge on any atom is -0.330 e. The molecule has 3 heteroatoms. The molecule has 16 heavy (non-hydrogen) atoms. The topological polar surface area (TPSA) is 38.9 Å². The van der Waals surface area contributed by atoms with Gasteiger partial charge < -0.3 is 5.73 Å². The van der Waals surface area contributed by atoms with E-state index in [-0.39, 0.29) is 5.82 Å². The van der Waals surface area contributed by atoms with Crippen LogP contribution in [-0.4, -0.2) is 11.5 Å². The highest BCUT2D eigenvalue weighted by Crippen LogP contribution is 2.22. The Morgan fingerprint density at radius 2 is 2.00 bits per heavy atom. The first kappa shape index (κ1) is 11.0. The summed E-state index contributed by atoms with van der Waals surface area (Å²) in [5.41, 5.74) is 8.77. The lowest BCUT2D eigenvalue weighted by Gasteiger charge is -2.07. The van der Waals surface area contributed by atoms with Crippen molar-refractivity contribution < 1.29 is 4.39 Å². The molecule has 2 rings (SSSR count). The van der Waals surface area contributed by atoms with Crippen molar-refractivity contribution >= 4 is 10.9 Å². The van der Waals surface area contributed by atoms with Gasteiger partial charge in [0, 0.05) is 11.1 Å². The zero-order valence-electron chi connectivity index (χ0n) is 9.55. The van der Waals surface area contributed by atoms with Gasteiger partial charge in [-0.05, 0) is 56.1 Å². The summed E-state index contributed by atoms with van der Waals surface area (Å²) >= 11 is 0. The van der Waals surface area contributed by atoms with E-state index in [1.807, 2.05) is 26.0 Å². The molecule has 0 unspecified atom stereocenters. The molecule has 0 saturated heterocycles. The number of benzene rings is 1. The van der Waals surface area contributed by atoms with Gasteiger partial charge in [-0.3, -0.25) is 4.98 Å². The summed E-state index contributed by atoms with van der Waals surface area (Å²) in [6.45, 7) is 4.38. The van der Waals surface area contributed by atoms with Crippen LogP contribution in [0.4, 0.5) is 4.39 Å². The van der Waals surface area contributed by atoms with Crippen molar-refractivity contribution in [3.63, 3.8) is 0 Å². The average Bonchev–Trinajstić information content (AvgIpc) is 2.20. The van der Waals surface area contributed by atoms with Crippen molar-refractivity contribution in [2.45, 2.75) is 20.3 Å². The molecule has 84 valence electrons. The molecule has 0 fully saturated rings. The number of nitrogens with zero attached hydrogens (tertiary/aromatic N) is 1. The largest absolute Gasteiger partial charge is 0.330 e. The zero-order valence-corrected chi connectivity index (χ0v) is 9.55. The predicted molar refractivity (Wildman–Crippen MR) is 63.9 cm³/mol. The van der Waals surface area contributed by atoms with Gasteiger partial charge in [0.15, 0.2) is 0 Å². The average molecular weight is 218 g/mol. The molecule has 2 N–H and O–H groups in total. The zero-order chi connectivity index (χ0) is 11.7. The molecule has 0 saturated carbocycles. The fraction of sp³-hybridized carbons (Fsp3) is 0.308. The smallest absolute Gasteiger partial charge is 0.149 e. The Kier molecular flexibility index (Phi) is 2.88. The molecule has 1 aromatic carbocycles. The number of pyridine rings is 1. The van der Waals surface area contributed by atoms with Crippen LogP contribution >= 0.6 is 0 Å². The van der Waals surface area contributed by atoms with Gasteiger partial charge >= 0.3 is 0 Å². The highest BCUT2D eigenvalue weighted by Gasteiger charge is 2.07. The van der Waals surface area contributed by atoms with Crippen LogP contribution in [-0.2, 0) is 6.42 Å². The summed E-state index contributed by atoms with van der Waals surface area (Å²) < 4.78 is 13.8. The van der Waals surface area contributed by atoms with E-state index in [2.05, 4.69) is 4.98 Å². The van der Waals surface area contributed by atoms with Gasteiger partial charge in [0.1, 0.15) is 11.3 Å². The summed E-state index contributed by atoms with van der Waals surface area (Å²) in [5.74, 6) is -0.257. The Labute approximate surface area is 94.3 Å². The van der Waals surface area contributed by atoms with Crippen LogP contribution in [0.25, 0.3) is 10.9 Å². The van der Waals surface area contributed by atoms with Crippen molar-refractivity contribution in [1.82, 2.24) is 4.98 Å². The lowest BCUT2D eigenvalue weighted by atomic mass is 10.0. The van der Waals surface area contributed by atoms with Crippen molar-refractivity contribution in [2.75, 3.05) is 6.54 Å². The molecule has 0 aliphatic rings. The molecule has 0 aliphatic carbocycles. The number of fused-ring (bicyclic) bond motifs is 1. The quantitative estimate of drug-likeness (QED) is 0.841. The second-order valence-electron chi connectivity index (χ2n) is 4.09. The van der Waals surface area contributed by atoms with Gasteiger partial charge in [0.25, 0.3) is 0 Å². The van der Waals surface area contributed by atoms with Gasteiger partial charge in [-0.2, -0.15) is 0 Å². The van der Waals surface area contributed by atoms with Gasteiger partial charge in [0.05, 0.1) is 0 Å². The number of halogens is 1. The van der Waals surface area contributed by atoms with E-state index in [1.165, 1.54) is 6.07 Å². The third-order valence-corrected chi connectivity index (χ3v) is 2.69. The van der Waals surface area contributed by atoms with E-state index in [9.17, 15) is 4.39 Å². The predicted octanol–water partition coefficient (Wildman–Crippen LogP) is 2.49. The number of rotatable bonds is 2. The molecule has 1 aromatic heterocycles. The van der Waals surface area contributed by atoms with E-state index in [0.717, 1.165) is 22.2 Å². The van der Waals surface area contributed by atoms with E-state index in [0.29, 0.717) is 18.5 Å². The van der Waals surface area contributed by atoms with E-state index >= 15 is 0 Å². The fourth-order valence-corrected chi connectivity index (χ4v) is 1.98. The van der Waals surface area contributed by atoms with Crippen molar-refractivity contribution in [1.29, 1.82) is 0 Å². The molecule has 0 radical (unpaired) electrons. The maximum Gasteiger partial charge on any atom is 0.149 e. The third kappa shape index (κ3) is 1.91. The molecule has 0 atom stereocenters. The summed E-state index contributed by atoms with van der Waals surface area (Å²) in [5, 5.41) is 0.883. The Balaban J connectivity index is 2.71. The molecule has 0 spiro atoms. The molecule has 0 aliphatic heterocycles. The summed E-state index contributed by atoms with van der Waals surface area (Å²) in [6, 6.07) is 5.47. The SMILES string of the molecule is Cc1cc(C)c2cc(CCN)cc(F)c2n1. The van der Waals surface area contributed by atoms with Crippen molar-refractivity contribution in [3.8, 4) is 0 Å². The molecule has 0 amide bonds. The van der Waals surface area contributed by atoms with Gasteiger partial charge in [0.2, 0.25) is 0 Å². The summed E-state index contributed by atoms with van der Waals surface area (Å²) in [7, 11) is 0. The lowest BCUT2D eigenvalue weighted by molar-refractivity contribution is 0.634. The van der Waals surface area contributed by atoms with Crippen LogP contribution in [0.3, 0.4) is 0 Å². The van der Waals surface area contributed by atoms with Crippen LogP contribution in [0, 0.1) is 19.7 Å². The highest BCUT2D eigenvalue weighted by atomic mass is 19.1. The van der Waals surface area contributed by atoms with Crippen LogP contribution in [0.5, 0.6) is 0 Å². The maximum absolute atomic E-state index is 13.8. The standard InChI is InChI=1S/C13H15FN2/c1-8-5-9(2)16-13-11(8)6-10(3-4-15)7-12(13)14/h5-7H,3-4,15H2,1-2H3. The highest BCUT2D eigenvalue weighted by molar-refractivity contribution is 5.83. The first-order chi connectivity index (χ1) is 7.61. The van der Waals surface area contributed by atoms with Crippen LogP contribution < -0.4 is 5.73 Å². The Hall–Kier alpha value is -1.48. The molecule has 2 aromatic rings. The first-order valence-electron chi connectivity index (χ1n) is 5.38. The second-order valence-corrected chi connectivity index (χ2v) is 4.09. The lowest BCUT2D eigenvalue weighted by Crippen LogP contribution is -2.03. The molecular formula is C13H15FN2. The van der Waals surface area contributed by atoms with E-state index in [1.54, 1.807) is 0 Å². The number of hydrogen-bond acceptors (Lipinski definition) is 2. The van der Waals surface area contributed by atoms with Gasteiger partial charge in [-0.25, -0.2) is 4.39 Å². The van der Waals surface area contributed by atoms with Crippen molar-refractivity contribution in [2.24, 2.45) is 5.73 Å². The van der Waals surface area contributed by atoms with Gasteiger partial charge in [-0.15, -0.1) is 0 Å². The molecule has 0 bridgehead atoms. The van der Waals surface area contributed by atoms with Gasteiger partial charge in [-0.1, -0.05) is 0 Å². The normalized spacial score (nSPS) is 11.0. The minimum absolute atomic E-state index is 0.257. The minimum atomic E-state index is -0.257. The number of hydrogen-bond donors (Lipinski definition) is 1. The third-order valence-electron chi connectivity index (χ3n) is 2.69. The monoisotopic (exact) mass is 218 g/mol. The number of nitrogens with two attached hydrogens (primary N) is 1. The van der Waals surface area contributed by atoms with Crippen LogP contribution in [0.15, 0.2) is 18.2 Å². The van der Waals surface area contributed by atoms with Crippen molar-refractivity contribution in [3.05, 3.63) is 40.8 Å². The Morgan fingerprint density at radius 1 is 1.25 bits per heavy atom. The maximum atomic E-state index is 13.8. The van der Waals surface area contributed by atoms with Crippen LogP contribution in [0.1, 0.15) is 16.8 Å². The molecular weight excluding hydrogens is 203 g/mol. The van der Waals surface area contributed by atoms with E-state index < -0.39 is 0 Å². The summed E-state index contributed by atoms with van der Waals surface area (Å²) in [6.07, 6.45) is 0.695.